The molecule has 6 nitrogen and oxygen atoms in total. The van der Waals surface area contributed by atoms with Gasteiger partial charge >= 0.3 is 0 Å². The average molecular weight is 312 g/mol. The topological polar surface area (TPSA) is 76.0 Å². The maximum atomic E-state index is 13.4. The largest absolute Gasteiger partial charge is 0.318 e. The molecule has 2 N–H and O–H groups in total. The second-order valence-electron chi connectivity index (χ2n) is 4.61. The zero-order valence-electron chi connectivity index (χ0n) is 11.8. The summed E-state index contributed by atoms with van der Waals surface area (Å²) in [6.45, 7) is 2.85. The molecule has 1 heterocycles. The lowest BCUT2D eigenvalue weighted by Gasteiger charge is -2.07. The normalized spacial score (nSPS) is 11.6. The molecule has 1 aromatic carbocycles. The van der Waals surface area contributed by atoms with Gasteiger partial charge in [0.15, 0.2) is 0 Å². The number of halogens is 1. The van der Waals surface area contributed by atoms with E-state index >= 15 is 0 Å². The van der Waals surface area contributed by atoms with E-state index in [2.05, 4.69) is 15.1 Å². The second-order valence-corrected chi connectivity index (χ2v) is 6.29. The summed E-state index contributed by atoms with van der Waals surface area (Å²) in [7, 11) is -1.97. The molecule has 0 radical (unpaired) electrons. The number of hydrogen-bond donors (Lipinski definition) is 2. The highest BCUT2D eigenvalue weighted by molar-refractivity contribution is 7.92. The van der Waals surface area contributed by atoms with Crippen LogP contribution >= 0.6 is 0 Å². The second kappa shape index (κ2) is 6.23. The van der Waals surface area contributed by atoms with E-state index in [1.807, 2.05) is 0 Å². The number of aromatic nitrogens is 2. The molecule has 8 heteroatoms. The van der Waals surface area contributed by atoms with E-state index in [0.29, 0.717) is 18.7 Å². The van der Waals surface area contributed by atoms with Gasteiger partial charge in [-0.15, -0.1) is 0 Å². The third-order valence-corrected chi connectivity index (χ3v) is 4.27. The van der Waals surface area contributed by atoms with E-state index in [0.717, 1.165) is 6.07 Å². The molecule has 0 bridgehead atoms. The monoisotopic (exact) mass is 312 g/mol. The van der Waals surface area contributed by atoms with Gasteiger partial charge in [-0.1, -0.05) is 6.07 Å². The summed E-state index contributed by atoms with van der Waals surface area (Å²) in [5.74, 6) is -0.458. The fourth-order valence-electron chi connectivity index (χ4n) is 1.70. The number of aryl methyl sites for hydroxylation is 1. The Hall–Kier alpha value is -1.93. The van der Waals surface area contributed by atoms with Crippen molar-refractivity contribution in [3.8, 4) is 0 Å². The number of rotatable bonds is 6. The third kappa shape index (κ3) is 3.79. The maximum absolute atomic E-state index is 13.4. The zero-order valence-corrected chi connectivity index (χ0v) is 12.6. The molecule has 0 unspecified atom stereocenters. The lowest BCUT2D eigenvalue weighted by atomic mass is 10.2. The van der Waals surface area contributed by atoms with Gasteiger partial charge in [-0.3, -0.25) is 9.40 Å². The molecule has 21 heavy (non-hydrogen) atoms. The lowest BCUT2D eigenvalue weighted by molar-refractivity contribution is 0.582. The summed E-state index contributed by atoms with van der Waals surface area (Å²) in [4.78, 5) is 0.0413. The molecular weight excluding hydrogens is 295 g/mol. The van der Waals surface area contributed by atoms with E-state index < -0.39 is 15.8 Å². The molecule has 0 spiro atoms. The van der Waals surface area contributed by atoms with Crippen molar-refractivity contribution in [1.82, 2.24) is 15.1 Å². The Kier molecular flexibility index (Phi) is 4.59. The smallest absolute Gasteiger partial charge is 0.265 e. The fourth-order valence-corrected chi connectivity index (χ4v) is 2.70. The molecule has 0 saturated heterocycles. The van der Waals surface area contributed by atoms with Gasteiger partial charge in [-0.25, -0.2) is 12.8 Å². The van der Waals surface area contributed by atoms with E-state index in [-0.39, 0.29) is 10.6 Å². The highest BCUT2D eigenvalue weighted by Crippen LogP contribution is 2.18. The first-order valence-electron chi connectivity index (χ1n) is 6.38. The molecule has 1 aromatic heterocycles. The number of benzene rings is 1. The van der Waals surface area contributed by atoms with Crippen LogP contribution in [0.15, 0.2) is 35.5 Å². The van der Waals surface area contributed by atoms with Crippen molar-refractivity contribution >= 4 is 15.7 Å². The van der Waals surface area contributed by atoms with Crippen LogP contribution in [0.2, 0.25) is 0 Å². The fraction of sp³-hybridized carbons (Fsp3) is 0.308. The molecular formula is C13H17FN4O2S. The van der Waals surface area contributed by atoms with Crippen molar-refractivity contribution < 1.29 is 12.8 Å². The number of nitrogens with zero attached hydrogens (tertiary/aromatic N) is 2. The molecule has 0 saturated carbocycles. The Morgan fingerprint density at radius 1 is 1.38 bits per heavy atom. The van der Waals surface area contributed by atoms with Gasteiger partial charge in [0.1, 0.15) is 10.7 Å². The summed E-state index contributed by atoms with van der Waals surface area (Å²) in [5, 5.41) is 6.92. The summed E-state index contributed by atoms with van der Waals surface area (Å²) < 4.78 is 41.7. The quantitative estimate of drug-likeness (QED) is 0.844. The standard InChI is InChI=1S/C13H17FN4O2S/c1-10-3-4-11(7-13(10)14)17-21(19,20)12-8-16-18(9-12)6-5-15-2/h3-4,7-9,15,17H,5-6H2,1-2H3. The Labute approximate surface area is 123 Å². The Morgan fingerprint density at radius 2 is 2.14 bits per heavy atom. The molecule has 2 rings (SSSR count). The van der Waals surface area contributed by atoms with Crippen LogP contribution in [0.4, 0.5) is 10.1 Å². The van der Waals surface area contributed by atoms with Gasteiger partial charge in [0.2, 0.25) is 0 Å². The summed E-state index contributed by atoms with van der Waals surface area (Å²) in [6, 6.07) is 4.18. The Balaban J connectivity index is 2.17. The molecule has 2 aromatic rings. The minimum Gasteiger partial charge on any atom is -0.318 e. The van der Waals surface area contributed by atoms with Crippen LogP contribution in [0.3, 0.4) is 0 Å². The SMILES string of the molecule is CNCCn1cc(S(=O)(=O)Nc2ccc(C)c(F)c2)cn1. The maximum Gasteiger partial charge on any atom is 0.265 e. The first-order valence-corrected chi connectivity index (χ1v) is 7.87. The summed E-state index contributed by atoms with van der Waals surface area (Å²) in [6.07, 6.45) is 2.70. The minimum absolute atomic E-state index is 0.0413. The molecule has 0 atom stereocenters. The van der Waals surface area contributed by atoms with E-state index in [9.17, 15) is 12.8 Å². The minimum atomic E-state index is -3.77. The highest BCUT2D eigenvalue weighted by Gasteiger charge is 2.17. The summed E-state index contributed by atoms with van der Waals surface area (Å²) >= 11 is 0. The van der Waals surface area contributed by atoms with Crippen LogP contribution in [-0.2, 0) is 16.6 Å². The van der Waals surface area contributed by atoms with Crippen molar-refractivity contribution in [3.05, 3.63) is 42.0 Å². The lowest BCUT2D eigenvalue weighted by Crippen LogP contribution is -2.15. The molecule has 0 aliphatic carbocycles. The zero-order chi connectivity index (χ0) is 15.5. The number of sulfonamides is 1. The number of hydrogen-bond acceptors (Lipinski definition) is 4. The Bertz CT molecular complexity index is 728. The van der Waals surface area contributed by atoms with Crippen molar-refractivity contribution in [3.63, 3.8) is 0 Å². The van der Waals surface area contributed by atoms with Crippen LogP contribution in [0.1, 0.15) is 5.56 Å². The number of likely N-dealkylation sites (N-methyl/N-ethyl adjacent to an activating group) is 1. The molecule has 114 valence electrons. The van der Waals surface area contributed by atoms with E-state index in [4.69, 9.17) is 0 Å². The van der Waals surface area contributed by atoms with Crippen molar-refractivity contribution in [1.29, 1.82) is 0 Å². The van der Waals surface area contributed by atoms with E-state index in [1.54, 1.807) is 14.0 Å². The predicted octanol–water partition coefficient (Wildman–Crippen LogP) is 1.35. The van der Waals surface area contributed by atoms with Crippen molar-refractivity contribution in [2.45, 2.75) is 18.4 Å². The number of anilines is 1. The summed E-state index contributed by atoms with van der Waals surface area (Å²) in [5.41, 5.74) is 0.638. The van der Waals surface area contributed by atoms with Gasteiger partial charge < -0.3 is 5.32 Å². The average Bonchev–Trinajstić information content (AvgIpc) is 2.90. The highest BCUT2D eigenvalue weighted by atomic mass is 32.2. The van der Waals surface area contributed by atoms with Crippen LogP contribution in [0.5, 0.6) is 0 Å². The van der Waals surface area contributed by atoms with Gasteiger partial charge in [-0.05, 0) is 31.7 Å². The third-order valence-electron chi connectivity index (χ3n) is 2.93. The van der Waals surface area contributed by atoms with Gasteiger partial charge in [-0.2, -0.15) is 5.10 Å². The van der Waals surface area contributed by atoms with Gasteiger partial charge in [0.25, 0.3) is 10.0 Å². The van der Waals surface area contributed by atoms with Crippen molar-refractivity contribution in [2.75, 3.05) is 18.3 Å². The molecule has 0 aliphatic rings. The van der Waals surface area contributed by atoms with Crippen LogP contribution in [-0.4, -0.2) is 31.8 Å². The van der Waals surface area contributed by atoms with Crippen molar-refractivity contribution in [2.24, 2.45) is 0 Å². The predicted molar refractivity (Wildman–Crippen MR) is 78.1 cm³/mol. The first-order chi connectivity index (χ1) is 9.92. The van der Waals surface area contributed by atoms with Gasteiger partial charge in [0, 0.05) is 12.7 Å². The molecule has 0 fully saturated rings. The first kappa shape index (κ1) is 15.5. The van der Waals surface area contributed by atoms with Gasteiger partial charge in [0.05, 0.1) is 18.4 Å². The number of nitrogens with one attached hydrogen (secondary N) is 2. The molecule has 0 aliphatic heterocycles. The molecule has 0 amide bonds. The van der Waals surface area contributed by atoms with Crippen LogP contribution < -0.4 is 10.0 Å². The van der Waals surface area contributed by atoms with E-state index in [1.165, 1.54) is 29.2 Å². The Morgan fingerprint density at radius 3 is 2.81 bits per heavy atom. The van der Waals surface area contributed by atoms with Crippen LogP contribution in [0.25, 0.3) is 0 Å². The van der Waals surface area contributed by atoms with Crippen LogP contribution in [0, 0.1) is 12.7 Å².